The molecular weight excluding hydrogens is 244 g/mol. The van der Waals surface area contributed by atoms with Crippen molar-refractivity contribution < 1.29 is 14.3 Å². The van der Waals surface area contributed by atoms with Crippen molar-refractivity contribution >= 4 is 6.09 Å². The highest BCUT2D eigenvalue weighted by molar-refractivity contribution is 5.68. The van der Waals surface area contributed by atoms with Gasteiger partial charge in [0.05, 0.1) is 5.54 Å². The maximum Gasteiger partial charge on any atom is 0.408 e. The lowest BCUT2D eigenvalue weighted by Gasteiger charge is -2.29. The van der Waals surface area contributed by atoms with Gasteiger partial charge in [-0.05, 0) is 47.1 Å². The molecule has 0 aromatic carbocycles. The van der Waals surface area contributed by atoms with Gasteiger partial charge in [0.25, 0.3) is 0 Å². The van der Waals surface area contributed by atoms with Gasteiger partial charge in [0.2, 0.25) is 0 Å². The van der Waals surface area contributed by atoms with Crippen LogP contribution in [0.2, 0.25) is 0 Å². The maximum atomic E-state index is 11.7. The third-order valence-electron chi connectivity index (χ3n) is 2.35. The Morgan fingerprint density at radius 2 is 1.79 bits per heavy atom. The third-order valence-corrected chi connectivity index (χ3v) is 2.35. The molecule has 0 aliphatic carbocycles. The SMILES string of the molecule is COCC(C)CNCC(C)(C)NC(=O)OC(C)(C)C. The molecule has 0 aromatic rings. The number of carbonyl (C=O) groups is 1. The summed E-state index contributed by atoms with van der Waals surface area (Å²) in [4.78, 5) is 11.7. The lowest BCUT2D eigenvalue weighted by atomic mass is 10.1. The molecular formula is C14H30N2O3. The quantitative estimate of drug-likeness (QED) is 0.747. The molecule has 1 amide bonds. The van der Waals surface area contributed by atoms with Crippen LogP contribution in [0, 0.1) is 5.92 Å². The van der Waals surface area contributed by atoms with E-state index in [4.69, 9.17) is 9.47 Å². The fourth-order valence-electron chi connectivity index (χ4n) is 1.60. The smallest absolute Gasteiger partial charge is 0.408 e. The summed E-state index contributed by atoms with van der Waals surface area (Å²) >= 11 is 0. The van der Waals surface area contributed by atoms with E-state index >= 15 is 0 Å². The molecule has 0 aromatic heterocycles. The first-order valence-corrected chi connectivity index (χ1v) is 6.76. The molecule has 0 aliphatic rings. The zero-order valence-corrected chi connectivity index (χ0v) is 13.4. The highest BCUT2D eigenvalue weighted by atomic mass is 16.6. The van der Waals surface area contributed by atoms with Gasteiger partial charge in [-0.25, -0.2) is 4.79 Å². The highest BCUT2D eigenvalue weighted by Crippen LogP contribution is 2.09. The number of ether oxygens (including phenoxy) is 2. The predicted molar refractivity (Wildman–Crippen MR) is 77.4 cm³/mol. The number of nitrogens with one attached hydrogen (secondary N) is 2. The van der Waals surface area contributed by atoms with E-state index in [1.54, 1.807) is 7.11 Å². The van der Waals surface area contributed by atoms with Gasteiger partial charge in [0.15, 0.2) is 0 Å². The van der Waals surface area contributed by atoms with E-state index in [0.29, 0.717) is 12.5 Å². The first kappa shape index (κ1) is 18.2. The minimum absolute atomic E-state index is 0.352. The standard InChI is InChI=1S/C14H30N2O3/c1-11(9-18-7)8-15-10-14(5,6)16-12(17)19-13(2,3)4/h11,15H,8-10H2,1-7H3,(H,16,17). The normalized spacial score (nSPS) is 14.1. The third kappa shape index (κ3) is 10.8. The fourth-order valence-corrected chi connectivity index (χ4v) is 1.60. The highest BCUT2D eigenvalue weighted by Gasteiger charge is 2.24. The number of rotatable bonds is 7. The van der Waals surface area contributed by atoms with Gasteiger partial charge in [-0.2, -0.15) is 0 Å². The van der Waals surface area contributed by atoms with Crippen LogP contribution in [-0.4, -0.2) is 44.0 Å². The van der Waals surface area contributed by atoms with Crippen LogP contribution in [0.5, 0.6) is 0 Å². The number of alkyl carbamates (subject to hydrolysis) is 1. The van der Waals surface area contributed by atoms with Crippen molar-refractivity contribution in [1.82, 2.24) is 10.6 Å². The molecule has 1 unspecified atom stereocenters. The summed E-state index contributed by atoms with van der Waals surface area (Å²) in [5.74, 6) is 0.447. The zero-order chi connectivity index (χ0) is 15.1. The molecule has 0 rings (SSSR count). The van der Waals surface area contributed by atoms with E-state index < -0.39 is 5.60 Å². The molecule has 0 radical (unpaired) electrons. The monoisotopic (exact) mass is 274 g/mol. The summed E-state index contributed by atoms with van der Waals surface area (Å²) < 4.78 is 10.3. The van der Waals surface area contributed by atoms with Gasteiger partial charge in [-0.1, -0.05) is 6.92 Å². The second kappa shape index (κ2) is 7.70. The summed E-state index contributed by atoms with van der Waals surface area (Å²) in [6.07, 6.45) is -0.385. The minimum Gasteiger partial charge on any atom is -0.444 e. The largest absolute Gasteiger partial charge is 0.444 e. The van der Waals surface area contributed by atoms with E-state index in [1.807, 2.05) is 34.6 Å². The summed E-state index contributed by atoms with van der Waals surface area (Å²) in [6, 6.07) is 0. The second-order valence-corrected chi connectivity index (χ2v) is 6.70. The molecule has 0 aliphatic heterocycles. The van der Waals surface area contributed by atoms with Crippen molar-refractivity contribution in [3.8, 4) is 0 Å². The summed E-state index contributed by atoms with van der Waals surface area (Å²) in [5, 5.41) is 6.19. The molecule has 5 nitrogen and oxygen atoms in total. The van der Waals surface area contributed by atoms with E-state index in [-0.39, 0.29) is 11.6 Å². The first-order chi connectivity index (χ1) is 8.56. The van der Waals surface area contributed by atoms with E-state index in [1.165, 1.54) is 0 Å². The molecule has 5 heteroatoms. The molecule has 0 heterocycles. The molecule has 114 valence electrons. The minimum atomic E-state index is -0.472. The number of hydrogen-bond donors (Lipinski definition) is 2. The fraction of sp³-hybridized carbons (Fsp3) is 0.929. The number of hydrogen-bond acceptors (Lipinski definition) is 4. The Morgan fingerprint density at radius 3 is 2.26 bits per heavy atom. The van der Waals surface area contributed by atoms with Gasteiger partial charge in [-0.15, -0.1) is 0 Å². The Balaban J connectivity index is 4.01. The van der Waals surface area contributed by atoms with Crippen molar-refractivity contribution in [1.29, 1.82) is 0 Å². The van der Waals surface area contributed by atoms with Crippen molar-refractivity contribution in [3.63, 3.8) is 0 Å². The number of methoxy groups -OCH3 is 1. The summed E-state index contributed by atoms with van der Waals surface area (Å²) in [6.45, 7) is 13.9. The van der Waals surface area contributed by atoms with Crippen molar-refractivity contribution in [2.75, 3.05) is 26.8 Å². The maximum absolute atomic E-state index is 11.7. The van der Waals surface area contributed by atoms with Crippen LogP contribution >= 0.6 is 0 Å². The Hall–Kier alpha value is -0.810. The molecule has 0 saturated heterocycles. The Labute approximate surface area is 117 Å². The van der Waals surface area contributed by atoms with Crippen LogP contribution in [0.15, 0.2) is 0 Å². The summed E-state index contributed by atoms with van der Waals surface area (Å²) in [7, 11) is 1.70. The number of amides is 1. The molecule has 0 fully saturated rings. The zero-order valence-electron chi connectivity index (χ0n) is 13.4. The molecule has 2 N–H and O–H groups in total. The molecule has 0 spiro atoms. The second-order valence-electron chi connectivity index (χ2n) is 6.70. The van der Waals surface area contributed by atoms with E-state index in [9.17, 15) is 4.79 Å². The van der Waals surface area contributed by atoms with E-state index in [0.717, 1.165) is 13.2 Å². The Kier molecular flexibility index (Phi) is 7.37. The summed E-state index contributed by atoms with van der Waals surface area (Å²) in [5.41, 5.74) is -0.824. The molecule has 1 atom stereocenters. The first-order valence-electron chi connectivity index (χ1n) is 6.76. The average Bonchev–Trinajstić information content (AvgIpc) is 2.12. The lowest BCUT2D eigenvalue weighted by Crippen LogP contribution is -2.52. The molecule has 19 heavy (non-hydrogen) atoms. The average molecular weight is 274 g/mol. The lowest BCUT2D eigenvalue weighted by molar-refractivity contribution is 0.0471. The van der Waals surface area contributed by atoms with Gasteiger partial charge in [0, 0.05) is 20.3 Å². The van der Waals surface area contributed by atoms with Crippen LogP contribution in [0.4, 0.5) is 4.79 Å². The van der Waals surface area contributed by atoms with Gasteiger partial charge in [-0.3, -0.25) is 0 Å². The number of carbonyl (C=O) groups excluding carboxylic acids is 1. The Bertz CT molecular complexity index is 272. The van der Waals surface area contributed by atoms with Crippen LogP contribution < -0.4 is 10.6 Å². The van der Waals surface area contributed by atoms with Gasteiger partial charge in [0.1, 0.15) is 5.60 Å². The van der Waals surface area contributed by atoms with Crippen LogP contribution in [0.1, 0.15) is 41.5 Å². The van der Waals surface area contributed by atoms with Crippen molar-refractivity contribution in [2.24, 2.45) is 5.92 Å². The topological polar surface area (TPSA) is 59.6 Å². The Morgan fingerprint density at radius 1 is 1.21 bits per heavy atom. The van der Waals surface area contributed by atoms with E-state index in [2.05, 4.69) is 17.6 Å². The van der Waals surface area contributed by atoms with Crippen molar-refractivity contribution in [2.45, 2.75) is 52.7 Å². The van der Waals surface area contributed by atoms with Crippen molar-refractivity contribution in [3.05, 3.63) is 0 Å². The molecule has 0 bridgehead atoms. The van der Waals surface area contributed by atoms with Gasteiger partial charge >= 0.3 is 6.09 Å². The van der Waals surface area contributed by atoms with Gasteiger partial charge < -0.3 is 20.1 Å². The van der Waals surface area contributed by atoms with Crippen LogP contribution in [0.3, 0.4) is 0 Å². The predicted octanol–water partition coefficient (Wildman–Crippen LogP) is 2.16. The van der Waals surface area contributed by atoms with Crippen LogP contribution in [0.25, 0.3) is 0 Å². The molecule has 0 saturated carbocycles. The van der Waals surface area contributed by atoms with Crippen LogP contribution in [-0.2, 0) is 9.47 Å².